The number of benzene rings is 2. The van der Waals surface area contributed by atoms with Crippen LogP contribution in [0.25, 0.3) is 0 Å². The Kier molecular flexibility index (Phi) is 10.9. The molecule has 1 amide bonds. The molecule has 2 heterocycles. The Balaban J connectivity index is 1.57. The number of piperazine rings is 1. The molecular weight excluding hydrogens is 581 g/mol. The molecule has 2 saturated heterocycles. The molecule has 2 aliphatic rings. The first-order chi connectivity index (χ1) is 20.3. The molecule has 43 heavy (non-hydrogen) atoms. The zero-order valence-corrected chi connectivity index (χ0v) is 25.9. The minimum Gasteiger partial charge on any atom is -0.376 e. The second kappa shape index (κ2) is 14.1. The normalized spacial score (nSPS) is 22.6. The summed E-state index contributed by atoms with van der Waals surface area (Å²) in [6.07, 6.45) is 1.96. The molecule has 12 heteroatoms. The van der Waals surface area contributed by atoms with Crippen molar-refractivity contribution in [2.75, 3.05) is 37.3 Å². The Hall–Kier alpha value is -2.51. The standard InChI is InChI=1S/C31H43F3N4O4S/c1-4-17-43(40,41)38-15-14-36-19-23(38)9-10-24-26(12-11-25(33)28(24)34)37-30(39)29(35)27(20-5-7-22(32)8-6-20)21-13-16-42-31(2,3)18-21/h5-8,11-12,21,23,27,29,36H,4,9-10,13-19,35H2,1-3H3,(H,37,39)/t21?,23-,27-,29-/m0/s1. The van der Waals surface area contributed by atoms with E-state index in [1.807, 2.05) is 13.8 Å². The van der Waals surface area contributed by atoms with E-state index in [4.69, 9.17) is 10.5 Å². The van der Waals surface area contributed by atoms with Crippen molar-refractivity contribution in [3.05, 3.63) is 65.0 Å². The third-order valence-electron chi connectivity index (χ3n) is 8.48. The molecule has 0 spiro atoms. The van der Waals surface area contributed by atoms with Gasteiger partial charge in [0, 0.05) is 49.5 Å². The van der Waals surface area contributed by atoms with Crippen molar-refractivity contribution in [3.63, 3.8) is 0 Å². The first kappa shape index (κ1) is 33.4. The number of nitrogens with two attached hydrogens (primary N) is 1. The van der Waals surface area contributed by atoms with Gasteiger partial charge in [0.2, 0.25) is 15.9 Å². The van der Waals surface area contributed by atoms with Crippen LogP contribution in [0.2, 0.25) is 0 Å². The number of ether oxygens (including phenoxy) is 1. The van der Waals surface area contributed by atoms with Crippen molar-refractivity contribution in [1.29, 1.82) is 0 Å². The van der Waals surface area contributed by atoms with Gasteiger partial charge in [-0.15, -0.1) is 0 Å². The van der Waals surface area contributed by atoms with Crippen LogP contribution in [-0.4, -0.2) is 68.3 Å². The van der Waals surface area contributed by atoms with E-state index in [0.29, 0.717) is 51.1 Å². The number of sulfonamides is 1. The molecule has 1 unspecified atom stereocenters. The van der Waals surface area contributed by atoms with Gasteiger partial charge in [0.05, 0.1) is 17.4 Å². The van der Waals surface area contributed by atoms with Gasteiger partial charge in [0.1, 0.15) is 5.82 Å². The maximum Gasteiger partial charge on any atom is 0.241 e. The van der Waals surface area contributed by atoms with Crippen LogP contribution < -0.4 is 16.4 Å². The highest BCUT2D eigenvalue weighted by atomic mass is 32.2. The van der Waals surface area contributed by atoms with Crippen LogP contribution in [0.15, 0.2) is 36.4 Å². The monoisotopic (exact) mass is 624 g/mol. The van der Waals surface area contributed by atoms with Gasteiger partial charge in [0.25, 0.3) is 0 Å². The van der Waals surface area contributed by atoms with E-state index >= 15 is 4.39 Å². The molecule has 4 N–H and O–H groups in total. The summed E-state index contributed by atoms with van der Waals surface area (Å²) in [4.78, 5) is 13.7. The summed E-state index contributed by atoms with van der Waals surface area (Å²) in [7, 11) is -3.50. The molecule has 2 fully saturated rings. The molecule has 2 aromatic carbocycles. The fourth-order valence-corrected chi connectivity index (χ4v) is 8.17. The lowest BCUT2D eigenvalue weighted by Crippen LogP contribution is -2.54. The second-order valence-electron chi connectivity index (χ2n) is 12.2. The molecule has 8 nitrogen and oxygen atoms in total. The van der Waals surface area contributed by atoms with Gasteiger partial charge < -0.3 is 21.1 Å². The SMILES string of the molecule is CCCS(=O)(=O)N1CCNC[C@@H]1CCc1c(NC(=O)[C@@H](N)[C@@H](c2ccc(F)cc2)C2CCOC(C)(C)C2)ccc(F)c1F. The molecule has 0 bridgehead atoms. The summed E-state index contributed by atoms with van der Waals surface area (Å²) in [6.45, 7) is 7.40. The summed E-state index contributed by atoms with van der Waals surface area (Å²) >= 11 is 0. The van der Waals surface area contributed by atoms with E-state index in [2.05, 4.69) is 10.6 Å². The topological polar surface area (TPSA) is 114 Å². The highest BCUT2D eigenvalue weighted by molar-refractivity contribution is 7.89. The first-order valence-electron chi connectivity index (χ1n) is 15.0. The minimum atomic E-state index is -3.50. The number of halogens is 3. The van der Waals surface area contributed by atoms with E-state index in [9.17, 15) is 22.0 Å². The van der Waals surface area contributed by atoms with Crippen LogP contribution in [0.3, 0.4) is 0 Å². The third kappa shape index (κ3) is 8.16. The Bertz CT molecular complexity index is 1370. The predicted octanol–water partition coefficient (Wildman–Crippen LogP) is 4.30. The first-order valence-corrected chi connectivity index (χ1v) is 16.6. The van der Waals surface area contributed by atoms with Gasteiger partial charge in [-0.25, -0.2) is 21.6 Å². The zero-order chi connectivity index (χ0) is 31.4. The Labute approximate surface area is 252 Å². The largest absolute Gasteiger partial charge is 0.376 e. The lowest BCUT2D eigenvalue weighted by molar-refractivity contribution is -0.119. The lowest BCUT2D eigenvalue weighted by atomic mass is 9.73. The Morgan fingerprint density at radius 1 is 1.19 bits per heavy atom. The lowest BCUT2D eigenvalue weighted by Gasteiger charge is -2.41. The number of carbonyl (C=O) groups excluding carboxylic acids is 1. The van der Waals surface area contributed by atoms with Gasteiger partial charge in [-0.3, -0.25) is 4.79 Å². The number of carbonyl (C=O) groups is 1. The van der Waals surface area contributed by atoms with Gasteiger partial charge in [0.15, 0.2) is 11.6 Å². The summed E-state index contributed by atoms with van der Waals surface area (Å²) in [5.74, 6) is -3.68. The van der Waals surface area contributed by atoms with Crippen LogP contribution in [0.5, 0.6) is 0 Å². The Morgan fingerprint density at radius 3 is 2.58 bits per heavy atom. The number of hydrogen-bond donors (Lipinski definition) is 3. The predicted molar refractivity (Wildman–Crippen MR) is 161 cm³/mol. The van der Waals surface area contributed by atoms with Crippen molar-refractivity contribution >= 4 is 21.6 Å². The highest BCUT2D eigenvalue weighted by Gasteiger charge is 2.39. The van der Waals surface area contributed by atoms with Crippen LogP contribution >= 0.6 is 0 Å². The Morgan fingerprint density at radius 2 is 1.91 bits per heavy atom. The number of nitrogens with one attached hydrogen (secondary N) is 2. The fraction of sp³-hybridized carbons (Fsp3) is 0.581. The van der Waals surface area contributed by atoms with Crippen molar-refractivity contribution < 1.29 is 31.1 Å². The van der Waals surface area contributed by atoms with Gasteiger partial charge in [-0.2, -0.15) is 4.31 Å². The van der Waals surface area contributed by atoms with Crippen LogP contribution in [0.4, 0.5) is 18.9 Å². The summed E-state index contributed by atoms with van der Waals surface area (Å²) in [5, 5.41) is 5.90. The van der Waals surface area contributed by atoms with Crippen molar-refractivity contribution in [2.24, 2.45) is 11.7 Å². The van der Waals surface area contributed by atoms with Crippen molar-refractivity contribution in [3.8, 4) is 0 Å². The molecule has 2 aromatic rings. The minimum absolute atomic E-state index is 0.00548. The van der Waals surface area contributed by atoms with Crippen LogP contribution in [0, 0.1) is 23.4 Å². The molecule has 0 radical (unpaired) electrons. The van der Waals surface area contributed by atoms with Crippen molar-refractivity contribution in [1.82, 2.24) is 9.62 Å². The summed E-state index contributed by atoms with van der Waals surface area (Å²) < 4.78 is 76.4. The van der Waals surface area contributed by atoms with Crippen LogP contribution in [-0.2, 0) is 26.0 Å². The van der Waals surface area contributed by atoms with Crippen molar-refractivity contribution in [2.45, 2.75) is 76.5 Å². The third-order valence-corrected chi connectivity index (χ3v) is 10.6. The molecule has 2 aliphatic heterocycles. The number of nitrogens with zero attached hydrogens (tertiary/aromatic N) is 1. The number of amides is 1. The van der Waals surface area contributed by atoms with Crippen LogP contribution in [0.1, 0.15) is 63.5 Å². The summed E-state index contributed by atoms with van der Waals surface area (Å²) in [5.41, 5.74) is 6.91. The zero-order valence-electron chi connectivity index (χ0n) is 25.0. The molecule has 0 saturated carbocycles. The quantitative estimate of drug-likeness (QED) is 0.344. The maximum absolute atomic E-state index is 15.2. The average Bonchev–Trinajstić information content (AvgIpc) is 2.95. The van der Waals surface area contributed by atoms with Gasteiger partial charge >= 0.3 is 0 Å². The molecule has 4 atom stereocenters. The fourth-order valence-electron chi connectivity index (χ4n) is 6.42. The molecular formula is C31H43F3N4O4S. The average molecular weight is 625 g/mol. The number of anilines is 1. The number of hydrogen-bond acceptors (Lipinski definition) is 6. The van der Waals surface area contributed by atoms with E-state index in [-0.39, 0.29) is 35.8 Å². The van der Waals surface area contributed by atoms with E-state index in [1.165, 1.54) is 22.5 Å². The second-order valence-corrected chi connectivity index (χ2v) is 14.2. The van der Waals surface area contributed by atoms with E-state index in [0.717, 1.165) is 6.07 Å². The van der Waals surface area contributed by atoms with Gasteiger partial charge in [-0.05, 0) is 81.7 Å². The molecule has 238 valence electrons. The summed E-state index contributed by atoms with van der Waals surface area (Å²) in [6, 6.07) is 6.61. The highest BCUT2D eigenvalue weighted by Crippen LogP contribution is 2.40. The van der Waals surface area contributed by atoms with E-state index < -0.39 is 57.0 Å². The maximum atomic E-state index is 15.2. The molecule has 0 aliphatic carbocycles. The van der Waals surface area contributed by atoms with E-state index in [1.54, 1.807) is 19.1 Å². The molecule has 0 aromatic heterocycles. The smallest absolute Gasteiger partial charge is 0.241 e. The number of rotatable bonds is 11. The van der Waals surface area contributed by atoms with Gasteiger partial charge in [-0.1, -0.05) is 19.1 Å². The molecule has 4 rings (SSSR count).